The first-order chi connectivity index (χ1) is 5.79. The van der Waals surface area contributed by atoms with E-state index in [1.807, 2.05) is 0 Å². The van der Waals surface area contributed by atoms with E-state index >= 15 is 0 Å². The van der Waals surface area contributed by atoms with E-state index in [0.29, 0.717) is 12.1 Å². The van der Waals surface area contributed by atoms with Gasteiger partial charge >= 0.3 is 21.1 Å². The first kappa shape index (κ1) is 25.3. The Kier molecular flexibility index (Phi) is 18.8. The van der Waals surface area contributed by atoms with Crippen LogP contribution in [0.15, 0.2) is 0 Å². The third-order valence-electron chi connectivity index (χ3n) is 1.82. The molecule has 0 atom stereocenters. The summed E-state index contributed by atoms with van der Waals surface area (Å²) in [4.78, 5) is 0. The van der Waals surface area contributed by atoms with Crippen LogP contribution in [0.25, 0.3) is 0 Å². The molecule has 0 heterocycles. The zero-order valence-corrected chi connectivity index (χ0v) is 11.6. The molecule has 0 aromatic rings. The number of rotatable bonds is 0. The molecule has 16 heavy (non-hydrogen) atoms. The van der Waals surface area contributed by atoms with Gasteiger partial charge in [-0.15, -0.1) is 0 Å². The van der Waals surface area contributed by atoms with Gasteiger partial charge in [0.05, 0.1) is 0 Å². The molecule has 0 radical (unpaired) electrons. The summed E-state index contributed by atoms with van der Waals surface area (Å²) in [7, 11) is -5.17. The molecule has 8 N–H and O–H groups in total. The van der Waals surface area contributed by atoms with Crippen LogP contribution in [0, 0.1) is 0 Å². The summed E-state index contributed by atoms with van der Waals surface area (Å²) in [6.45, 7) is 0. The second-order valence-electron chi connectivity index (χ2n) is 3.08. The quantitative estimate of drug-likeness (QED) is 0.301. The first-order valence-electron chi connectivity index (χ1n) is 3.97. The van der Waals surface area contributed by atoms with Crippen molar-refractivity contribution in [2.24, 2.45) is 11.5 Å². The van der Waals surface area contributed by atoms with E-state index in [1.54, 1.807) is 0 Å². The molecular formula is C6H18N2O6PtS. The van der Waals surface area contributed by atoms with Crippen LogP contribution < -0.4 is 11.5 Å². The van der Waals surface area contributed by atoms with E-state index in [1.165, 1.54) is 0 Å². The normalized spacial score (nSPS) is 23.5. The van der Waals surface area contributed by atoms with Crippen molar-refractivity contribution < 1.29 is 49.5 Å². The van der Waals surface area contributed by atoms with E-state index in [2.05, 4.69) is 0 Å². The van der Waals surface area contributed by atoms with Gasteiger partial charge in [0.1, 0.15) is 0 Å². The second-order valence-corrected chi connectivity index (χ2v) is 3.90. The Morgan fingerprint density at radius 3 is 1.12 bits per heavy atom. The molecule has 0 aromatic carbocycles. The molecule has 0 saturated heterocycles. The summed E-state index contributed by atoms with van der Waals surface area (Å²) in [5.41, 5.74) is 11.3. The van der Waals surface area contributed by atoms with E-state index in [9.17, 15) is 0 Å². The van der Waals surface area contributed by atoms with Crippen molar-refractivity contribution in [2.75, 3.05) is 0 Å². The van der Waals surface area contributed by atoms with Crippen molar-refractivity contribution in [3.05, 3.63) is 0 Å². The molecule has 0 spiro atoms. The van der Waals surface area contributed by atoms with E-state index in [-0.39, 0.29) is 32.0 Å². The molecule has 0 unspecified atom stereocenters. The fraction of sp³-hybridized carbons (Fsp3) is 1.00. The van der Waals surface area contributed by atoms with Gasteiger partial charge in [-0.2, -0.15) is 0 Å². The van der Waals surface area contributed by atoms with Crippen LogP contribution in [-0.2, 0) is 31.5 Å². The predicted molar refractivity (Wildman–Crippen MR) is 52.1 cm³/mol. The maximum Gasteiger partial charge on any atom is 2.00 e. The molecule has 0 bridgehead atoms. The fourth-order valence-electron chi connectivity index (χ4n) is 1.14. The van der Waals surface area contributed by atoms with Gasteiger partial charge in [-0.1, -0.05) is 0 Å². The van der Waals surface area contributed by atoms with Crippen molar-refractivity contribution >= 4 is 10.4 Å². The van der Waals surface area contributed by atoms with Crippen molar-refractivity contribution in [2.45, 2.75) is 37.8 Å². The van der Waals surface area contributed by atoms with Gasteiger partial charge < -0.3 is 31.5 Å². The smallest absolute Gasteiger partial charge is 0.759 e. The molecule has 0 amide bonds. The third kappa shape index (κ3) is 23.9. The zero-order valence-electron chi connectivity index (χ0n) is 8.50. The summed E-state index contributed by atoms with van der Waals surface area (Å²) < 4.78 is 34.1. The van der Waals surface area contributed by atoms with Crippen molar-refractivity contribution in [3.63, 3.8) is 0 Å². The molecule has 10 heteroatoms. The van der Waals surface area contributed by atoms with E-state index in [4.69, 9.17) is 29.0 Å². The second kappa shape index (κ2) is 11.9. The van der Waals surface area contributed by atoms with E-state index < -0.39 is 10.4 Å². The summed E-state index contributed by atoms with van der Waals surface area (Å²) in [5.74, 6) is 0. The van der Waals surface area contributed by atoms with Gasteiger partial charge in [-0.05, 0) is 25.7 Å². The van der Waals surface area contributed by atoms with E-state index in [0.717, 1.165) is 25.7 Å². The van der Waals surface area contributed by atoms with Crippen LogP contribution in [0.5, 0.6) is 0 Å². The summed E-state index contributed by atoms with van der Waals surface area (Å²) in [6.07, 6.45) is 4.50. The maximum absolute atomic E-state index is 8.52. The molecule has 1 aliphatic carbocycles. The number of hydrogen-bond acceptors (Lipinski definition) is 6. The fourth-order valence-corrected chi connectivity index (χ4v) is 1.14. The average molecular weight is 441 g/mol. The van der Waals surface area contributed by atoms with Gasteiger partial charge in [0.2, 0.25) is 0 Å². The summed E-state index contributed by atoms with van der Waals surface area (Å²) in [5, 5.41) is 0. The van der Waals surface area contributed by atoms with Crippen LogP contribution in [0.2, 0.25) is 0 Å². The maximum atomic E-state index is 8.52. The minimum absolute atomic E-state index is 0. The molecule has 1 aliphatic rings. The van der Waals surface area contributed by atoms with Crippen LogP contribution >= 0.6 is 0 Å². The Bertz CT molecular complexity index is 211. The van der Waals surface area contributed by atoms with Gasteiger partial charge in [-0.25, -0.2) is 0 Å². The molecule has 1 rings (SSSR count). The molecule has 104 valence electrons. The SMILES string of the molecule is NC1CCC(N)CC1.O.O.O=S(=O)([O-])[O-].[Pt+2]. The van der Waals surface area contributed by atoms with Crippen LogP contribution in [0.4, 0.5) is 0 Å². The van der Waals surface area contributed by atoms with Gasteiger partial charge in [0, 0.05) is 22.5 Å². The molecule has 1 saturated carbocycles. The Hall–Kier alpha value is 0.398. The predicted octanol–water partition coefficient (Wildman–Crippen LogP) is -2.77. The van der Waals surface area contributed by atoms with Crippen LogP contribution in [0.3, 0.4) is 0 Å². The van der Waals surface area contributed by atoms with Crippen LogP contribution in [0.1, 0.15) is 25.7 Å². The average Bonchev–Trinajstić information content (AvgIpc) is 1.92. The zero-order chi connectivity index (χ0) is 10.5. The summed E-state index contributed by atoms with van der Waals surface area (Å²) in [6, 6.07) is 0.879. The molecule has 0 aromatic heterocycles. The third-order valence-corrected chi connectivity index (χ3v) is 1.82. The largest absolute Gasteiger partial charge is 2.00 e. The van der Waals surface area contributed by atoms with Gasteiger partial charge in [0.25, 0.3) is 0 Å². The standard InChI is InChI=1S/C6H14N2.H2O4S.2H2O.Pt/c7-5-1-2-6(8)4-3-5;1-5(2,3)4;;;/h5-6H,1-4,7-8H2;(H2,1,2,3,4);2*1H2;/q;;;;+2/p-2. The molecule has 8 nitrogen and oxygen atoms in total. The molecule has 1 fully saturated rings. The molecule has 0 aliphatic heterocycles. The van der Waals surface area contributed by atoms with Crippen molar-refractivity contribution in [1.29, 1.82) is 0 Å². The minimum Gasteiger partial charge on any atom is -0.759 e. The Labute approximate surface area is 109 Å². The Balaban J connectivity index is -0.0000000818. The Morgan fingerprint density at radius 2 is 1.00 bits per heavy atom. The van der Waals surface area contributed by atoms with Gasteiger partial charge in [0.15, 0.2) is 0 Å². The Morgan fingerprint density at radius 1 is 0.875 bits per heavy atom. The summed E-state index contributed by atoms with van der Waals surface area (Å²) >= 11 is 0. The van der Waals surface area contributed by atoms with Crippen molar-refractivity contribution in [3.8, 4) is 0 Å². The monoisotopic (exact) mass is 441 g/mol. The number of hydrogen-bond donors (Lipinski definition) is 2. The number of nitrogens with two attached hydrogens (primary N) is 2. The molecular weight excluding hydrogens is 423 g/mol. The van der Waals surface area contributed by atoms with Crippen molar-refractivity contribution in [1.82, 2.24) is 0 Å². The van der Waals surface area contributed by atoms with Gasteiger partial charge in [-0.3, -0.25) is 8.42 Å². The topological polar surface area (TPSA) is 195 Å². The first-order valence-corrected chi connectivity index (χ1v) is 5.30. The van der Waals surface area contributed by atoms with Crippen LogP contribution in [-0.4, -0.2) is 40.6 Å². The minimum atomic E-state index is -5.17.